The summed E-state index contributed by atoms with van der Waals surface area (Å²) in [5.41, 5.74) is 1.15. The molecule has 0 aliphatic carbocycles. The van der Waals surface area contributed by atoms with Gasteiger partial charge in [0.05, 0.1) is 12.5 Å². The Hall–Kier alpha value is -1.20. The van der Waals surface area contributed by atoms with E-state index in [0.29, 0.717) is 18.2 Å². The Morgan fingerprint density at radius 1 is 1.32 bits per heavy atom. The quantitative estimate of drug-likeness (QED) is 0.884. The third-order valence-electron chi connectivity index (χ3n) is 2.88. The highest BCUT2D eigenvalue weighted by molar-refractivity contribution is 9.10. The zero-order valence-corrected chi connectivity index (χ0v) is 12.8. The molecule has 2 aromatic rings. The smallest absolute Gasteiger partial charge is 0.233 e. The lowest BCUT2D eigenvalue weighted by Crippen LogP contribution is -2.20. The Labute approximate surface area is 121 Å². The number of hydrogen-bond donors (Lipinski definition) is 1. The average molecular weight is 324 g/mol. The maximum absolute atomic E-state index is 5.73. The first-order valence-corrected chi connectivity index (χ1v) is 7.32. The first-order valence-electron chi connectivity index (χ1n) is 6.53. The van der Waals surface area contributed by atoms with Gasteiger partial charge in [-0.2, -0.15) is 0 Å². The summed E-state index contributed by atoms with van der Waals surface area (Å²) < 4.78 is 6.79. The third-order valence-corrected chi connectivity index (χ3v) is 3.38. The van der Waals surface area contributed by atoms with Gasteiger partial charge in [0, 0.05) is 4.47 Å². The van der Waals surface area contributed by atoms with Crippen LogP contribution in [0.5, 0.6) is 0 Å². The maximum Gasteiger partial charge on any atom is 0.233 e. The van der Waals surface area contributed by atoms with Crippen LogP contribution in [-0.2, 0) is 6.42 Å². The second-order valence-corrected chi connectivity index (χ2v) is 5.27. The molecule has 1 atom stereocenters. The van der Waals surface area contributed by atoms with Gasteiger partial charge in [0.1, 0.15) is 0 Å². The Balaban J connectivity index is 2.08. The molecule has 0 aliphatic rings. The number of aromatic nitrogens is 2. The Kier molecular flexibility index (Phi) is 5.10. The highest BCUT2D eigenvalue weighted by Crippen LogP contribution is 2.18. The lowest BCUT2D eigenvalue weighted by molar-refractivity contribution is 0.380. The van der Waals surface area contributed by atoms with Crippen LogP contribution >= 0.6 is 15.9 Å². The predicted molar refractivity (Wildman–Crippen MR) is 78.0 cm³/mol. The molecule has 1 N–H and O–H groups in total. The summed E-state index contributed by atoms with van der Waals surface area (Å²) >= 11 is 3.46. The van der Waals surface area contributed by atoms with E-state index in [4.69, 9.17) is 4.42 Å². The number of nitrogens with one attached hydrogen (secondary N) is 1. The number of benzene rings is 1. The molecule has 0 fully saturated rings. The highest BCUT2D eigenvalue weighted by atomic mass is 79.9. The molecule has 1 aromatic carbocycles. The lowest BCUT2D eigenvalue weighted by Gasteiger charge is -2.10. The molecule has 2 rings (SSSR count). The molecule has 1 aromatic heterocycles. The van der Waals surface area contributed by atoms with Crippen molar-refractivity contribution >= 4 is 15.9 Å². The largest absolute Gasteiger partial charge is 0.423 e. The van der Waals surface area contributed by atoms with Gasteiger partial charge >= 0.3 is 0 Å². The summed E-state index contributed by atoms with van der Waals surface area (Å²) in [4.78, 5) is 0. The molecular weight excluding hydrogens is 306 g/mol. The van der Waals surface area contributed by atoms with Crippen molar-refractivity contribution in [3.63, 3.8) is 0 Å². The van der Waals surface area contributed by atoms with Crippen LogP contribution in [-0.4, -0.2) is 16.7 Å². The summed E-state index contributed by atoms with van der Waals surface area (Å²) in [5, 5.41) is 11.6. The first kappa shape index (κ1) is 14.2. The number of nitrogens with zero attached hydrogens (tertiary/aromatic N) is 2. The number of rotatable bonds is 6. The molecule has 0 bridgehead atoms. The van der Waals surface area contributed by atoms with Gasteiger partial charge in [-0.05, 0) is 30.7 Å². The van der Waals surface area contributed by atoms with Crippen molar-refractivity contribution in [2.75, 3.05) is 6.54 Å². The fourth-order valence-corrected chi connectivity index (χ4v) is 2.40. The van der Waals surface area contributed by atoms with Crippen molar-refractivity contribution in [2.45, 2.75) is 32.7 Å². The topological polar surface area (TPSA) is 51.0 Å². The molecule has 0 saturated carbocycles. The van der Waals surface area contributed by atoms with Crippen LogP contribution in [0.4, 0.5) is 0 Å². The predicted octanol–water partition coefficient (Wildman–Crippen LogP) is 3.48. The van der Waals surface area contributed by atoms with Gasteiger partial charge in [-0.25, -0.2) is 0 Å². The van der Waals surface area contributed by atoms with Crippen molar-refractivity contribution < 1.29 is 4.42 Å². The van der Waals surface area contributed by atoms with E-state index in [9.17, 15) is 0 Å². The Morgan fingerprint density at radius 2 is 2.16 bits per heavy atom. The third kappa shape index (κ3) is 3.88. The van der Waals surface area contributed by atoms with E-state index in [1.165, 1.54) is 0 Å². The van der Waals surface area contributed by atoms with Crippen LogP contribution in [0.1, 0.15) is 43.7 Å². The minimum Gasteiger partial charge on any atom is -0.423 e. The lowest BCUT2D eigenvalue weighted by atomic mass is 10.1. The molecular formula is C14H18BrN3O. The zero-order chi connectivity index (χ0) is 13.7. The molecule has 1 unspecified atom stereocenters. The standard InChI is InChI=1S/C14H18BrN3O/c1-3-12(16-4-2)14-18-17-13(19-14)9-10-6-5-7-11(15)8-10/h5-8,12,16H,3-4,9H2,1-2H3. The summed E-state index contributed by atoms with van der Waals surface area (Å²) in [6, 6.07) is 8.26. The van der Waals surface area contributed by atoms with Crippen molar-refractivity contribution in [3.05, 3.63) is 46.1 Å². The van der Waals surface area contributed by atoms with Crippen LogP contribution in [0.3, 0.4) is 0 Å². The van der Waals surface area contributed by atoms with Crippen LogP contribution in [0.25, 0.3) is 0 Å². The fraction of sp³-hybridized carbons (Fsp3) is 0.429. The van der Waals surface area contributed by atoms with Crippen molar-refractivity contribution in [3.8, 4) is 0 Å². The summed E-state index contributed by atoms with van der Waals surface area (Å²) in [6.07, 6.45) is 1.60. The van der Waals surface area contributed by atoms with E-state index in [0.717, 1.165) is 23.0 Å². The fourth-order valence-electron chi connectivity index (χ4n) is 1.95. The second-order valence-electron chi connectivity index (χ2n) is 4.36. The van der Waals surface area contributed by atoms with E-state index in [1.54, 1.807) is 0 Å². The Bertz CT molecular complexity index is 527. The molecule has 0 amide bonds. The van der Waals surface area contributed by atoms with E-state index in [-0.39, 0.29) is 6.04 Å². The van der Waals surface area contributed by atoms with Gasteiger partial charge in [-0.15, -0.1) is 10.2 Å². The minimum absolute atomic E-state index is 0.147. The molecule has 1 heterocycles. The average Bonchev–Trinajstić information content (AvgIpc) is 2.84. The highest BCUT2D eigenvalue weighted by Gasteiger charge is 2.15. The zero-order valence-electron chi connectivity index (χ0n) is 11.2. The van der Waals surface area contributed by atoms with Gasteiger partial charge in [-0.3, -0.25) is 0 Å². The SMILES string of the molecule is CCNC(CC)c1nnc(Cc2cccc(Br)c2)o1. The summed E-state index contributed by atoms with van der Waals surface area (Å²) in [7, 11) is 0. The van der Waals surface area contributed by atoms with Gasteiger partial charge in [0.15, 0.2) is 0 Å². The molecule has 0 saturated heterocycles. The van der Waals surface area contributed by atoms with E-state index in [2.05, 4.69) is 57.4 Å². The number of hydrogen-bond acceptors (Lipinski definition) is 4. The molecule has 5 heteroatoms. The maximum atomic E-state index is 5.73. The normalized spacial score (nSPS) is 12.6. The molecule has 19 heavy (non-hydrogen) atoms. The van der Waals surface area contributed by atoms with Gasteiger partial charge in [0.2, 0.25) is 11.8 Å². The molecule has 0 spiro atoms. The summed E-state index contributed by atoms with van der Waals surface area (Å²) in [6.45, 7) is 5.06. The minimum atomic E-state index is 0.147. The van der Waals surface area contributed by atoms with Crippen molar-refractivity contribution in [1.29, 1.82) is 0 Å². The van der Waals surface area contributed by atoms with Gasteiger partial charge in [0.25, 0.3) is 0 Å². The van der Waals surface area contributed by atoms with Crippen molar-refractivity contribution in [2.24, 2.45) is 0 Å². The second kappa shape index (κ2) is 6.82. The first-order chi connectivity index (χ1) is 9.22. The molecule has 0 aliphatic heterocycles. The molecule has 102 valence electrons. The van der Waals surface area contributed by atoms with Crippen LogP contribution in [0, 0.1) is 0 Å². The molecule has 0 radical (unpaired) electrons. The van der Waals surface area contributed by atoms with E-state index < -0.39 is 0 Å². The Morgan fingerprint density at radius 3 is 2.84 bits per heavy atom. The summed E-state index contributed by atoms with van der Waals surface area (Å²) in [5.74, 6) is 1.33. The van der Waals surface area contributed by atoms with Crippen LogP contribution < -0.4 is 5.32 Å². The number of halogens is 1. The monoisotopic (exact) mass is 323 g/mol. The molecule has 4 nitrogen and oxygen atoms in total. The van der Waals surface area contributed by atoms with Crippen LogP contribution in [0.15, 0.2) is 33.2 Å². The van der Waals surface area contributed by atoms with E-state index >= 15 is 0 Å². The van der Waals surface area contributed by atoms with Crippen LogP contribution in [0.2, 0.25) is 0 Å². The van der Waals surface area contributed by atoms with Gasteiger partial charge in [-0.1, -0.05) is 41.9 Å². The van der Waals surface area contributed by atoms with Crippen molar-refractivity contribution in [1.82, 2.24) is 15.5 Å². The van der Waals surface area contributed by atoms with Gasteiger partial charge < -0.3 is 9.73 Å². The van der Waals surface area contributed by atoms with E-state index in [1.807, 2.05) is 12.1 Å².